The van der Waals surface area contributed by atoms with E-state index in [1.807, 2.05) is 20.8 Å². The van der Waals surface area contributed by atoms with Crippen molar-refractivity contribution < 1.29 is 4.92 Å². The van der Waals surface area contributed by atoms with Gasteiger partial charge in [0, 0.05) is 0 Å². The normalized spacial score (nSPS) is 11.2. The summed E-state index contributed by atoms with van der Waals surface area (Å²) in [7, 11) is 0. The van der Waals surface area contributed by atoms with Crippen LogP contribution >= 0.6 is 0 Å². The molecule has 92 valence electrons. The zero-order valence-electron chi connectivity index (χ0n) is 10.1. The molecule has 0 aromatic heterocycles. The van der Waals surface area contributed by atoms with E-state index in [1.165, 1.54) is 6.07 Å². The lowest BCUT2D eigenvalue weighted by atomic mass is 9.82. The minimum atomic E-state index is -0.596. The molecule has 5 N–H and O–H groups in total. The fourth-order valence-electron chi connectivity index (χ4n) is 1.70. The molecule has 1 aromatic carbocycles. The summed E-state index contributed by atoms with van der Waals surface area (Å²) in [6.45, 7) is 5.69. The second-order valence-corrected chi connectivity index (χ2v) is 4.85. The highest BCUT2D eigenvalue weighted by molar-refractivity contribution is 6.02. The number of hydrogen-bond acceptors (Lipinski definition) is 4. The number of rotatable bonds is 2. The van der Waals surface area contributed by atoms with Crippen LogP contribution in [0.4, 0.5) is 11.4 Å². The van der Waals surface area contributed by atoms with Gasteiger partial charge in [-0.3, -0.25) is 15.5 Å². The Morgan fingerprint density at radius 1 is 1.41 bits per heavy atom. The van der Waals surface area contributed by atoms with Crippen molar-refractivity contribution in [3.05, 3.63) is 33.4 Å². The number of nitrogen functional groups attached to an aromatic ring is 2. The zero-order valence-corrected chi connectivity index (χ0v) is 10.1. The molecule has 0 unspecified atom stereocenters. The monoisotopic (exact) mass is 236 g/mol. The molecule has 0 radical (unpaired) electrons. The van der Waals surface area contributed by atoms with Gasteiger partial charge in [0.1, 0.15) is 11.5 Å². The summed E-state index contributed by atoms with van der Waals surface area (Å²) in [5.74, 6) is -0.339. The average Bonchev–Trinajstić information content (AvgIpc) is 2.14. The van der Waals surface area contributed by atoms with Gasteiger partial charge in [-0.25, -0.2) is 0 Å². The van der Waals surface area contributed by atoms with Crippen molar-refractivity contribution in [2.45, 2.75) is 26.2 Å². The van der Waals surface area contributed by atoms with Gasteiger partial charge in [0.15, 0.2) is 0 Å². The molecule has 6 nitrogen and oxygen atoms in total. The van der Waals surface area contributed by atoms with Gasteiger partial charge in [-0.15, -0.1) is 0 Å². The molecule has 0 aliphatic carbocycles. The van der Waals surface area contributed by atoms with Crippen LogP contribution in [0.5, 0.6) is 0 Å². The van der Waals surface area contributed by atoms with E-state index in [1.54, 1.807) is 6.07 Å². The predicted octanol–water partition coefficient (Wildman–Crippen LogP) is 1.76. The quantitative estimate of drug-likeness (QED) is 0.238. The molecule has 0 saturated heterocycles. The second-order valence-electron chi connectivity index (χ2n) is 4.85. The summed E-state index contributed by atoms with van der Waals surface area (Å²) >= 11 is 0. The molecule has 17 heavy (non-hydrogen) atoms. The average molecular weight is 236 g/mol. The number of nitrogens with zero attached hydrogens (tertiary/aromatic N) is 1. The number of amidine groups is 1. The molecule has 0 spiro atoms. The largest absolute Gasteiger partial charge is 0.393 e. The Bertz CT molecular complexity index is 489. The summed E-state index contributed by atoms with van der Waals surface area (Å²) in [5, 5.41) is 18.5. The number of nitrogens with one attached hydrogen (secondary N) is 1. The summed E-state index contributed by atoms with van der Waals surface area (Å²) in [6, 6.07) is 3.16. The van der Waals surface area contributed by atoms with Crippen molar-refractivity contribution in [2.75, 3.05) is 5.73 Å². The number of nitrogens with two attached hydrogens (primary N) is 2. The molecule has 0 saturated carbocycles. The van der Waals surface area contributed by atoms with Crippen LogP contribution in [0.1, 0.15) is 31.9 Å². The van der Waals surface area contributed by atoms with Gasteiger partial charge in [-0.2, -0.15) is 0 Å². The highest BCUT2D eigenvalue weighted by atomic mass is 16.6. The van der Waals surface area contributed by atoms with Gasteiger partial charge >= 0.3 is 5.69 Å². The van der Waals surface area contributed by atoms with Gasteiger partial charge in [-0.1, -0.05) is 26.8 Å². The Hall–Kier alpha value is -2.11. The lowest BCUT2D eigenvalue weighted by molar-refractivity contribution is -0.384. The Kier molecular flexibility index (Phi) is 3.08. The van der Waals surface area contributed by atoms with Crippen LogP contribution in [0.25, 0.3) is 0 Å². The van der Waals surface area contributed by atoms with E-state index in [-0.39, 0.29) is 28.2 Å². The van der Waals surface area contributed by atoms with Crippen LogP contribution in [0, 0.1) is 15.5 Å². The van der Waals surface area contributed by atoms with Crippen molar-refractivity contribution in [1.82, 2.24) is 0 Å². The van der Waals surface area contributed by atoms with E-state index in [0.29, 0.717) is 5.56 Å². The van der Waals surface area contributed by atoms with E-state index >= 15 is 0 Å². The predicted molar refractivity (Wildman–Crippen MR) is 67.2 cm³/mol. The van der Waals surface area contributed by atoms with E-state index < -0.39 is 4.92 Å². The van der Waals surface area contributed by atoms with E-state index in [9.17, 15) is 10.1 Å². The van der Waals surface area contributed by atoms with Crippen LogP contribution < -0.4 is 11.5 Å². The standard InChI is InChI=1S/C11H16N4O2/c1-11(2,3)6-4-5-7(12)9(15(16)17)8(6)10(13)14/h4-5H,12H2,1-3H3,(H3,13,14). The van der Waals surface area contributed by atoms with Crippen LogP contribution in [-0.2, 0) is 5.41 Å². The molecule has 1 rings (SSSR count). The second kappa shape index (κ2) is 4.04. The van der Waals surface area contributed by atoms with Gasteiger partial charge in [0.05, 0.1) is 10.5 Å². The maximum absolute atomic E-state index is 11.0. The summed E-state index contributed by atoms with van der Waals surface area (Å²) in [4.78, 5) is 10.4. The van der Waals surface area contributed by atoms with Crippen LogP contribution in [0.3, 0.4) is 0 Å². The maximum Gasteiger partial charge on any atom is 0.303 e. The highest BCUT2D eigenvalue weighted by Crippen LogP contribution is 2.35. The third kappa shape index (κ3) is 2.35. The first kappa shape index (κ1) is 13.0. The molecule has 0 amide bonds. The Morgan fingerprint density at radius 3 is 2.29 bits per heavy atom. The smallest absolute Gasteiger partial charge is 0.303 e. The molecule has 0 aliphatic rings. The first-order valence-electron chi connectivity index (χ1n) is 5.08. The van der Waals surface area contributed by atoms with E-state index in [2.05, 4.69) is 0 Å². The lowest BCUT2D eigenvalue weighted by Gasteiger charge is -2.22. The van der Waals surface area contributed by atoms with Crippen molar-refractivity contribution in [3.63, 3.8) is 0 Å². The van der Waals surface area contributed by atoms with Crippen molar-refractivity contribution in [1.29, 1.82) is 5.41 Å². The topological polar surface area (TPSA) is 119 Å². The van der Waals surface area contributed by atoms with Gasteiger partial charge in [0.2, 0.25) is 0 Å². The van der Waals surface area contributed by atoms with Crippen molar-refractivity contribution in [2.24, 2.45) is 5.73 Å². The van der Waals surface area contributed by atoms with Crippen LogP contribution in [-0.4, -0.2) is 10.8 Å². The van der Waals surface area contributed by atoms with Crippen molar-refractivity contribution in [3.8, 4) is 0 Å². The highest BCUT2D eigenvalue weighted by Gasteiger charge is 2.29. The Morgan fingerprint density at radius 2 is 1.94 bits per heavy atom. The number of benzene rings is 1. The maximum atomic E-state index is 11.0. The molecular formula is C11H16N4O2. The minimum Gasteiger partial charge on any atom is -0.393 e. The SMILES string of the molecule is CC(C)(C)c1ccc(N)c([N+](=O)[O-])c1C(=N)N. The van der Waals surface area contributed by atoms with E-state index in [4.69, 9.17) is 16.9 Å². The third-order valence-corrected chi connectivity index (χ3v) is 2.47. The first-order valence-corrected chi connectivity index (χ1v) is 5.08. The first-order chi connectivity index (χ1) is 7.66. The Balaban J connectivity index is 3.72. The van der Waals surface area contributed by atoms with E-state index in [0.717, 1.165) is 0 Å². The summed E-state index contributed by atoms with van der Waals surface area (Å²) in [6.07, 6.45) is 0. The molecule has 0 fully saturated rings. The molecule has 0 aliphatic heterocycles. The summed E-state index contributed by atoms with van der Waals surface area (Å²) in [5.41, 5.74) is 11.2. The Labute approximate surface area is 99.3 Å². The fraction of sp³-hybridized carbons (Fsp3) is 0.364. The van der Waals surface area contributed by atoms with Gasteiger partial charge < -0.3 is 11.5 Å². The molecule has 0 bridgehead atoms. The number of anilines is 1. The third-order valence-electron chi connectivity index (χ3n) is 2.47. The number of nitro groups is 1. The lowest BCUT2D eigenvalue weighted by Crippen LogP contribution is -2.23. The summed E-state index contributed by atoms with van der Waals surface area (Å²) < 4.78 is 0. The van der Waals surface area contributed by atoms with Crippen LogP contribution in [0.2, 0.25) is 0 Å². The zero-order chi connectivity index (χ0) is 13.4. The fourth-order valence-corrected chi connectivity index (χ4v) is 1.70. The molecule has 1 aromatic rings. The van der Waals surface area contributed by atoms with Crippen molar-refractivity contribution >= 4 is 17.2 Å². The molecular weight excluding hydrogens is 220 g/mol. The molecule has 0 atom stereocenters. The molecule has 6 heteroatoms. The number of nitro benzene ring substituents is 1. The van der Waals surface area contributed by atoms with Gasteiger partial charge in [0.25, 0.3) is 0 Å². The number of hydrogen-bond donors (Lipinski definition) is 3. The minimum absolute atomic E-state index is 0.0215. The van der Waals surface area contributed by atoms with Gasteiger partial charge in [-0.05, 0) is 17.0 Å². The molecule has 0 heterocycles. The van der Waals surface area contributed by atoms with Crippen LogP contribution in [0.15, 0.2) is 12.1 Å².